The highest BCUT2D eigenvalue weighted by molar-refractivity contribution is 6.35. The third-order valence-electron chi connectivity index (χ3n) is 6.01. The van der Waals surface area contributed by atoms with Crippen molar-refractivity contribution in [2.75, 3.05) is 20.8 Å². The number of nitrogens with zero attached hydrogens (tertiary/aromatic N) is 2. The number of methoxy groups -OCH3 is 2. The molecule has 0 saturated heterocycles. The largest absolute Gasteiger partial charge is 0.497 e. The lowest BCUT2D eigenvalue weighted by Crippen LogP contribution is -2.26. The van der Waals surface area contributed by atoms with E-state index < -0.39 is 5.92 Å². The van der Waals surface area contributed by atoms with E-state index in [4.69, 9.17) is 47.9 Å². The van der Waals surface area contributed by atoms with Gasteiger partial charge in [-0.15, -0.1) is 0 Å². The van der Waals surface area contributed by atoms with Gasteiger partial charge in [0, 0.05) is 22.9 Å². The maximum atomic E-state index is 10.0. The topological polar surface area (TPSA) is 99.6 Å². The van der Waals surface area contributed by atoms with Gasteiger partial charge in [0.05, 0.1) is 30.7 Å². The fourth-order valence-electron chi connectivity index (χ4n) is 4.36. The minimum Gasteiger partial charge on any atom is -0.497 e. The lowest BCUT2D eigenvalue weighted by molar-refractivity contribution is 0.293. The number of hydrogen-bond donors (Lipinski definition) is 1. The first kappa shape index (κ1) is 22.9. The Kier molecular flexibility index (Phi) is 5.93. The number of rotatable bonds is 4. The van der Waals surface area contributed by atoms with Crippen molar-refractivity contribution in [1.82, 2.24) is 4.98 Å². The first-order chi connectivity index (χ1) is 16.9. The molecule has 3 heterocycles. The predicted molar refractivity (Wildman–Crippen MR) is 132 cm³/mol. The minimum atomic E-state index is -0.508. The fraction of sp³-hybridized carbons (Fsp3) is 0.154. The van der Waals surface area contributed by atoms with Crippen LogP contribution in [0.1, 0.15) is 17.0 Å². The van der Waals surface area contributed by atoms with Crippen LogP contribution in [0, 0.1) is 11.3 Å². The molecule has 1 unspecified atom stereocenters. The number of benzene rings is 2. The summed E-state index contributed by atoms with van der Waals surface area (Å²) in [6, 6.07) is 14.8. The summed E-state index contributed by atoms with van der Waals surface area (Å²) in [7, 11) is 3.16. The number of fused-ring (bicyclic) bond motifs is 2. The van der Waals surface area contributed by atoms with Crippen LogP contribution in [-0.2, 0) is 4.74 Å². The highest BCUT2D eigenvalue weighted by Gasteiger charge is 2.37. The molecule has 7 nitrogen and oxygen atoms in total. The molecular weight excluding hydrogens is 489 g/mol. The zero-order chi connectivity index (χ0) is 24.7. The quantitative estimate of drug-likeness (QED) is 0.453. The van der Waals surface area contributed by atoms with Crippen LogP contribution in [0.5, 0.6) is 17.2 Å². The Balaban J connectivity index is 1.71. The van der Waals surface area contributed by atoms with Crippen LogP contribution >= 0.6 is 23.2 Å². The van der Waals surface area contributed by atoms with Gasteiger partial charge < -0.3 is 24.7 Å². The molecule has 0 amide bonds. The van der Waals surface area contributed by atoms with Crippen molar-refractivity contribution in [1.29, 1.82) is 5.26 Å². The van der Waals surface area contributed by atoms with Crippen molar-refractivity contribution in [2.45, 2.75) is 5.92 Å². The number of ether oxygens (including phenoxy) is 4. The Morgan fingerprint density at radius 3 is 2.60 bits per heavy atom. The van der Waals surface area contributed by atoms with Gasteiger partial charge in [0.1, 0.15) is 46.4 Å². The Labute approximate surface area is 211 Å². The summed E-state index contributed by atoms with van der Waals surface area (Å²) < 4.78 is 23.0. The normalized spacial score (nSPS) is 16.5. The molecule has 2 N–H and O–H groups in total. The van der Waals surface area contributed by atoms with Gasteiger partial charge >= 0.3 is 0 Å². The molecule has 0 saturated carbocycles. The molecule has 9 heteroatoms. The Morgan fingerprint density at radius 2 is 1.89 bits per heavy atom. The van der Waals surface area contributed by atoms with Crippen molar-refractivity contribution in [2.24, 2.45) is 5.73 Å². The molecule has 3 aromatic rings. The molecule has 0 fully saturated rings. The summed E-state index contributed by atoms with van der Waals surface area (Å²) in [6.07, 6.45) is 1.59. The SMILES string of the molecule is COc1ccc2c(c1)C1=C(CO2)C(c2ccc(OC)c(-c3cnc(Cl)cc3Cl)c2)C(C#N)=C(N)O1. The monoisotopic (exact) mass is 507 g/mol. The number of halogens is 2. The maximum Gasteiger partial charge on any atom is 0.205 e. The summed E-state index contributed by atoms with van der Waals surface area (Å²) >= 11 is 12.5. The van der Waals surface area contributed by atoms with Crippen molar-refractivity contribution >= 4 is 29.0 Å². The highest BCUT2D eigenvalue weighted by atomic mass is 35.5. The van der Waals surface area contributed by atoms with Gasteiger partial charge in [-0.1, -0.05) is 29.3 Å². The van der Waals surface area contributed by atoms with Crippen LogP contribution < -0.4 is 19.9 Å². The lowest BCUT2D eigenvalue weighted by Gasteiger charge is -2.33. The third-order valence-corrected chi connectivity index (χ3v) is 6.53. The summed E-state index contributed by atoms with van der Waals surface area (Å²) in [4.78, 5) is 4.17. The van der Waals surface area contributed by atoms with Gasteiger partial charge in [0.25, 0.3) is 0 Å². The molecule has 0 aliphatic carbocycles. The van der Waals surface area contributed by atoms with E-state index in [9.17, 15) is 5.26 Å². The van der Waals surface area contributed by atoms with Crippen LogP contribution in [0.4, 0.5) is 0 Å². The highest BCUT2D eigenvalue weighted by Crippen LogP contribution is 2.48. The molecule has 0 radical (unpaired) electrons. The number of nitrogens with two attached hydrogens (primary N) is 1. The van der Waals surface area contributed by atoms with E-state index in [0.717, 1.165) is 11.1 Å². The third kappa shape index (κ3) is 3.91. The molecule has 2 aliphatic heterocycles. The fourth-order valence-corrected chi connectivity index (χ4v) is 4.83. The second-order valence-electron chi connectivity index (χ2n) is 7.88. The van der Waals surface area contributed by atoms with Crippen molar-refractivity contribution in [3.05, 3.63) is 87.0 Å². The van der Waals surface area contributed by atoms with E-state index >= 15 is 0 Å². The second-order valence-corrected chi connectivity index (χ2v) is 8.67. The maximum absolute atomic E-state index is 10.0. The molecule has 0 bridgehead atoms. The van der Waals surface area contributed by atoms with Crippen molar-refractivity contribution < 1.29 is 18.9 Å². The van der Waals surface area contributed by atoms with Crippen LogP contribution in [0.3, 0.4) is 0 Å². The van der Waals surface area contributed by atoms with Crippen LogP contribution in [0.25, 0.3) is 16.9 Å². The Bertz CT molecular complexity index is 1460. The van der Waals surface area contributed by atoms with E-state index in [2.05, 4.69) is 11.1 Å². The van der Waals surface area contributed by atoms with Gasteiger partial charge in [-0.05, 0) is 42.0 Å². The van der Waals surface area contributed by atoms with Crippen LogP contribution in [0.15, 0.2) is 65.7 Å². The van der Waals surface area contributed by atoms with E-state index in [1.54, 1.807) is 26.5 Å². The standard InChI is InChI=1S/C26H19Cl2N3O4/c1-32-14-4-6-22-16(8-14)25-19(12-34-22)24(17(10-29)26(30)35-25)13-3-5-21(33-2)15(7-13)18-11-31-23(28)9-20(18)27/h3-9,11,24H,12,30H2,1-2H3. The van der Waals surface area contributed by atoms with Gasteiger partial charge in [0.15, 0.2) is 0 Å². The van der Waals surface area contributed by atoms with Gasteiger partial charge in [0.2, 0.25) is 5.88 Å². The molecule has 1 atom stereocenters. The zero-order valence-corrected chi connectivity index (χ0v) is 20.3. The molecule has 5 rings (SSSR count). The average molecular weight is 508 g/mol. The minimum absolute atomic E-state index is 0.0375. The lowest BCUT2D eigenvalue weighted by atomic mass is 9.80. The van der Waals surface area contributed by atoms with Crippen LogP contribution in [-0.4, -0.2) is 25.8 Å². The number of hydrogen-bond acceptors (Lipinski definition) is 7. The molecule has 2 aliphatic rings. The van der Waals surface area contributed by atoms with E-state index in [0.29, 0.717) is 44.7 Å². The molecule has 35 heavy (non-hydrogen) atoms. The molecule has 0 spiro atoms. The first-order valence-corrected chi connectivity index (χ1v) is 11.3. The average Bonchev–Trinajstić information content (AvgIpc) is 2.87. The molecular formula is C26H19Cl2N3O4. The Morgan fingerprint density at radius 1 is 1.06 bits per heavy atom. The van der Waals surface area contributed by atoms with Crippen molar-refractivity contribution in [3.8, 4) is 34.4 Å². The van der Waals surface area contributed by atoms with Gasteiger partial charge in [-0.2, -0.15) is 5.26 Å². The molecule has 2 aromatic carbocycles. The van der Waals surface area contributed by atoms with E-state index in [1.807, 2.05) is 36.4 Å². The summed E-state index contributed by atoms with van der Waals surface area (Å²) in [5, 5.41) is 10.7. The van der Waals surface area contributed by atoms with Crippen molar-refractivity contribution in [3.63, 3.8) is 0 Å². The van der Waals surface area contributed by atoms with E-state index in [-0.39, 0.29) is 23.2 Å². The summed E-state index contributed by atoms with van der Waals surface area (Å²) in [6.45, 7) is 0.225. The molecule has 176 valence electrons. The number of pyridine rings is 1. The smallest absolute Gasteiger partial charge is 0.205 e. The summed E-state index contributed by atoms with van der Waals surface area (Å²) in [5.74, 6) is 1.96. The predicted octanol–water partition coefficient (Wildman–Crippen LogP) is 5.68. The summed E-state index contributed by atoms with van der Waals surface area (Å²) in [5.41, 5.74) is 10.1. The second kappa shape index (κ2) is 9.06. The zero-order valence-electron chi connectivity index (χ0n) is 18.8. The number of allylic oxidation sites excluding steroid dienone is 1. The van der Waals surface area contributed by atoms with Gasteiger partial charge in [-0.25, -0.2) is 4.98 Å². The van der Waals surface area contributed by atoms with Gasteiger partial charge in [-0.3, -0.25) is 0 Å². The number of aromatic nitrogens is 1. The Hall–Kier alpha value is -3.86. The van der Waals surface area contributed by atoms with E-state index in [1.165, 1.54) is 0 Å². The molecule has 1 aromatic heterocycles. The van der Waals surface area contributed by atoms with Crippen LogP contribution in [0.2, 0.25) is 10.2 Å². The first-order valence-electron chi connectivity index (χ1n) is 10.6. The number of nitriles is 1.